The molecule has 0 aromatic heterocycles. The molecule has 152 valence electrons. The molecular weight excluding hydrogens is 397 g/mol. The molecule has 1 aliphatic carbocycles. The van der Waals surface area contributed by atoms with Crippen LogP contribution in [-0.4, -0.2) is 12.3 Å². The van der Waals surface area contributed by atoms with Gasteiger partial charge in [0.15, 0.2) is 0 Å². The Balaban J connectivity index is 2.00. The topological polar surface area (TPSA) is 0 Å². The Hall–Kier alpha value is -2.83. The lowest BCUT2D eigenvalue weighted by atomic mass is 9.89. The number of hydrogen-bond donors (Lipinski definition) is 0. The largest absolute Gasteiger partial charge is 0.409 e. The van der Waals surface area contributed by atoms with Gasteiger partial charge in [0.2, 0.25) is 0 Å². The summed E-state index contributed by atoms with van der Waals surface area (Å²) in [6.45, 7) is 1.86. The van der Waals surface area contributed by atoms with Gasteiger partial charge in [-0.15, -0.1) is 0 Å². The summed E-state index contributed by atoms with van der Waals surface area (Å²) in [7, 11) is 0. The van der Waals surface area contributed by atoms with E-state index < -0.39 is 47.4 Å². The van der Waals surface area contributed by atoms with Crippen molar-refractivity contribution >= 4 is 5.57 Å². The molecule has 3 rings (SSSR count). The minimum Gasteiger partial charge on any atom is -0.242 e. The maximum atomic E-state index is 14.6. The summed E-state index contributed by atoms with van der Waals surface area (Å²) in [6.07, 6.45) is -6.88. The van der Waals surface area contributed by atoms with Crippen LogP contribution in [0.25, 0.3) is 16.7 Å². The molecule has 7 heteroatoms. The van der Waals surface area contributed by atoms with Gasteiger partial charge < -0.3 is 0 Å². The fourth-order valence-electron chi connectivity index (χ4n) is 3.08. The zero-order valence-electron chi connectivity index (χ0n) is 15.1. The van der Waals surface area contributed by atoms with Crippen LogP contribution in [0.3, 0.4) is 0 Å². The van der Waals surface area contributed by atoms with Gasteiger partial charge in [0.05, 0.1) is 0 Å². The fraction of sp³-hybridized carbons (Fsp3) is 0.182. The number of alkyl halides is 4. The van der Waals surface area contributed by atoms with Gasteiger partial charge >= 0.3 is 6.18 Å². The average molecular weight is 412 g/mol. The van der Waals surface area contributed by atoms with Crippen molar-refractivity contribution < 1.29 is 30.7 Å². The Kier molecular flexibility index (Phi) is 5.68. The molecule has 0 amide bonds. The van der Waals surface area contributed by atoms with Crippen molar-refractivity contribution in [2.75, 3.05) is 0 Å². The normalized spacial score (nSPS) is 17.8. The molecule has 29 heavy (non-hydrogen) atoms. The summed E-state index contributed by atoms with van der Waals surface area (Å²) in [5.41, 5.74) is 0.0592. The van der Waals surface area contributed by atoms with E-state index >= 15 is 0 Å². The average Bonchev–Trinajstić information content (AvgIpc) is 2.60. The Bertz CT molecular complexity index is 985. The van der Waals surface area contributed by atoms with Crippen molar-refractivity contribution in [1.29, 1.82) is 0 Å². The van der Waals surface area contributed by atoms with Crippen LogP contribution < -0.4 is 0 Å². The van der Waals surface area contributed by atoms with E-state index in [2.05, 4.69) is 0 Å². The maximum absolute atomic E-state index is 14.6. The maximum Gasteiger partial charge on any atom is 0.409 e. The highest BCUT2D eigenvalue weighted by molar-refractivity contribution is 5.75. The summed E-state index contributed by atoms with van der Waals surface area (Å²) >= 11 is 0. The number of hydrogen-bond acceptors (Lipinski definition) is 0. The van der Waals surface area contributed by atoms with E-state index in [1.807, 2.05) is 6.92 Å². The highest BCUT2D eigenvalue weighted by Gasteiger charge is 2.29. The molecular formula is C22H15F7. The summed E-state index contributed by atoms with van der Waals surface area (Å²) < 4.78 is 94.4. The van der Waals surface area contributed by atoms with Gasteiger partial charge in [-0.05, 0) is 47.9 Å². The van der Waals surface area contributed by atoms with Gasteiger partial charge in [-0.3, -0.25) is 0 Å². The zero-order valence-corrected chi connectivity index (χ0v) is 15.1. The summed E-state index contributed by atoms with van der Waals surface area (Å²) in [6, 6.07) is 9.01. The van der Waals surface area contributed by atoms with E-state index in [0.717, 1.165) is 17.7 Å². The first-order chi connectivity index (χ1) is 13.5. The number of benzene rings is 2. The van der Waals surface area contributed by atoms with Gasteiger partial charge in [0.1, 0.15) is 23.6 Å². The lowest BCUT2D eigenvalue weighted by Gasteiger charge is -2.20. The van der Waals surface area contributed by atoms with Crippen molar-refractivity contribution in [3.63, 3.8) is 0 Å². The number of rotatable bonds is 3. The molecule has 0 bridgehead atoms. The Morgan fingerprint density at radius 1 is 0.931 bits per heavy atom. The minimum atomic E-state index is -4.74. The molecule has 2 aromatic carbocycles. The fourth-order valence-corrected chi connectivity index (χ4v) is 3.08. The molecule has 0 fully saturated rings. The molecule has 0 saturated heterocycles. The van der Waals surface area contributed by atoms with Crippen LogP contribution in [0.5, 0.6) is 0 Å². The first-order valence-electron chi connectivity index (χ1n) is 8.62. The van der Waals surface area contributed by atoms with Gasteiger partial charge in [0, 0.05) is 23.6 Å². The molecule has 0 spiro atoms. The summed E-state index contributed by atoms with van der Waals surface area (Å²) in [5.74, 6) is -3.33. The third-order valence-electron chi connectivity index (χ3n) is 4.51. The van der Waals surface area contributed by atoms with E-state index in [1.165, 1.54) is 0 Å². The van der Waals surface area contributed by atoms with Crippen LogP contribution in [0.15, 0.2) is 66.0 Å². The Morgan fingerprint density at radius 3 is 2.03 bits per heavy atom. The number of halogens is 7. The first-order valence-corrected chi connectivity index (χ1v) is 8.62. The minimum absolute atomic E-state index is 0.252. The highest BCUT2D eigenvalue weighted by atomic mass is 19.4. The SMILES string of the molecule is Cc1ccc(-c2cc(F)c(C3=CC(F)=C(/C=C/C(F)(F)F)C(F)C3)c(F)c2)cc1. The monoisotopic (exact) mass is 412 g/mol. The zero-order chi connectivity index (χ0) is 21.3. The van der Waals surface area contributed by atoms with E-state index in [4.69, 9.17) is 0 Å². The van der Waals surface area contributed by atoms with Gasteiger partial charge in [-0.1, -0.05) is 29.8 Å². The summed E-state index contributed by atoms with van der Waals surface area (Å²) in [5, 5.41) is 0. The molecule has 0 nitrogen and oxygen atoms in total. The van der Waals surface area contributed by atoms with Crippen LogP contribution in [0.4, 0.5) is 30.7 Å². The molecule has 0 N–H and O–H groups in total. The van der Waals surface area contributed by atoms with Crippen molar-refractivity contribution in [3.05, 3.63) is 88.8 Å². The standard InChI is InChI=1S/C22H15F7/c1-12-2-4-13(5-3-12)14-8-19(25)21(20(26)9-14)15-10-17(23)16(18(24)11-15)6-7-22(27,28)29/h2-10,18H,11H2,1H3/b7-6+. The van der Waals surface area contributed by atoms with E-state index in [-0.39, 0.29) is 17.2 Å². The van der Waals surface area contributed by atoms with Crippen LogP contribution in [0, 0.1) is 18.6 Å². The molecule has 1 unspecified atom stereocenters. The van der Waals surface area contributed by atoms with E-state index in [0.29, 0.717) is 17.7 Å². The van der Waals surface area contributed by atoms with Gasteiger partial charge in [-0.25, -0.2) is 17.6 Å². The number of allylic oxidation sites excluding steroid dienone is 6. The second-order valence-electron chi connectivity index (χ2n) is 6.70. The smallest absolute Gasteiger partial charge is 0.242 e. The Morgan fingerprint density at radius 2 is 1.52 bits per heavy atom. The third-order valence-corrected chi connectivity index (χ3v) is 4.51. The van der Waals surface area contributed by atoms with Crippen molar-refractivity contribution in [3.8, 4) is 11.1 Å². The quantitative estimate of drug-likeness (QED) is 0.461. The third kappa shape index (κ3) is 4.78. The predicted octanol–water partition coefficient (Wildman–Crippen LogP) is 7.41. The first kappa shape index (κ1) is 20.9. The Labute approximate surface area is 162 Å². The predicted molar refractivity (Wildman–Crippen MR) is 97.4 cm³/mol. The van der Waals surface area contributed by atoms with Gasteiger partial charge in [-0.2, -0.15) is 13.2 Å². The van der Waals surface area contributed by atoms with E-state index in [1.54, 1.807) is 24.3 Å². The molecule has 0 aliphatic heterocycles. The van der Waals surface area contributed by atoms with Crippen LogP contribution in [0.2, 0.25) is 0 Å². The van der Waals surface area contributed by atoms with Crippen LogP contribution in [0.1, 0.15) is 17.5 Å². The second-order valence-corrected chi connectivity index (χ2v) is 6.70. The lowest BCUT2D eigenvalue weighted by molar-refractivity contribution is -0.0799. The molecule has 0 radical (unpaired) electrons. The van der Waals surface area contributed by atoms with Crippen LogP contribution in [-0.2, 0) is 0 Å². The van der Waals surface area contributed by atoms with E-state index in [9.17, 15) is 30.7 Å². The van der Waals surface area contributed by atoms with Crippen molar-refractivity contribution in [1.82, 2.24) is 0 Å². The molecule has 0 saturated carbocycles. The van der Waals surface area contributed by atoms with Crippen molar-refractivity contribution in [2.45, 2.75) is 25.7 Å². The lowest BCUT2D eigenvalue weighted by Crippen LogP contribution is -2.13. The van der Waals surface area contributed by atoms with Crippen LogP contribution >= 0.6 is 0 Å². The molecule has 1 aliphatic rings. The summed E-state index contributed by atoms with van der Waals surface area (Å²) in [4.78, 5) is 0. The molecule has 1 atom stereocenters. The second kappa shape index (κ2) is 7.89. The van der Waals surface area contributed by atoms with Crippen molar-refractivity contribution in [2.24, 2.45) is 0 Å². The molecule has 2 aromatic rings. The molecule has 0 heterocycles. The van der Waals surface area contributed by atoms with Gasteiger partial charge in [0.25, 0.3) is 0 Å². The number of aryl methyl sites for hydroxylation is 1. The highest BCUT2D eigenvalue weighted by Crippen LogP contribution is 2.37.